The van der Waals surface area contributed by atoms with Crippen molar-refractivity contribution in [2.45, 2.75) is 45.9 Å². The zero-order valence-electron chi connectivity index (χ0n) is 18.7. The Labute approximate surface area is 199 Å². The van der Waals surface area contributed by atoms with Crippen LogP contribution in [0, 0.1) is 6.92 Å². The summed E-state index contributed by atoms with van der Waals surface area (Å²) in [5, 5.41) is 13.0. The van der Waals surface area contributed by atoms with Gasteiger partial charge in [-0.05, 0) is 67.8 Å². The number of carbonyl (C=O) groups is 2. The van der Waals surface area contributed by atoms with Crippen LogP contribution < -0.4 is 10.1 Å². The number of ether oxygens (including phenoxy) is 2. The topological polar surface area (TPSA) is 84.9 Å². The highest BCUT2D eigenvalue weighted by Gasteiger charge is 2.23. The van der Waals surface area contributed by atoms with Crippen LogP contribution >= 0.6 is 23.2 Å². The molecule has 0 aliphatic carbocycles. The number of carboxylic acids is 1. The molecule has 1 unspecified atom stereocenters. The van der Waals surface area contributed by atoms with Gasteiger partial charge < -0.3 is 19.9 Å². The van der Waals surface area contributed by atoms with Gasteiger partial charge in [-0.3, -0.25) is 4.79 Å². The quantitative estimate of drug-likeness (QED) is 0.464. The molecule has 0 heterocycles. The van der Waals surface area contributed by atoms with Crippen LogP contribution in [0.15, 0.2) is 43.5 Å². The number of amides is 1. The molecule has 2 N–H and O–H groups in total. The molecule has 0 saturated carbocycles. The van der Waals surface area contributed by atoms with Gasteiger partial charge in [-0.2, -0.15) is 0 Å². The highest BCUT2D eigenvalue weighted by molar-refractivity contribution is 6.36. The van der Waals surface area contributed by atoms with Gasteiger partial charge in [0, 0.05) is 18.0 Å². The van der Waals surface area contributed by atoms with Gasteiger partial charge in [0.2, 0.25) is 0 Å². The number of methoxy groups -OCH3 is 1. The smallest absolute Gasteiger partial charge is 0.333 e. The minimum absolute atomic E-state index is 0.140. The lowest BCUT2D eigenvalue weighted by Gasteiger charge is -2.19. The predicted molar refractivity (Wildman–Crippen MR) is 128 cm³/mol. The van der Waals surface area contributed by atoms with E-state index in [1.165, 1.54) is 13.2 Å². The summed E-state index contributed by atoms with van der Waals surface area (Å²) >= 11 is 12.0. The maximum Gasteiger partial charge on any atom is 0.333 e. The largest absolute Gasteiger partial charge is 0.496 e. The van der Waals surface area contributed by atoms with Gasteiger partial charge in [0.1, 0.15) is 5.75 Å². The van der Waals surface area contributed by atoms with Crippen LogP contribution in [0.5, 0.6) is 5.75 Å². The minimum Gasteiger partial charge on any atom is -0.496 e. The van der Waals surface area contributed by atoms with Crippen LogP contribution in [0.4, 0.5) is 0 Å². The number of rotatable bonds is 9. The first-order valence-electron chi connectivity index (χ1n) is 9.90. The molecule has 8 heteroatoms. The van der Waals surface area contributed by atoms with Crippen molar-refractivity contribution in [3.8, 4) is 5.75 Å². The third-order valence-corrected chi connectivity index (χ3v) is 5.02. The third-order valence-electron chi connectivity index (χ3n) is 4.47. The molecule has 1 amide bonds. The molecular formula is C24H29Cl2NO5. The molecule has 0 spiro atoms. The highest BCUT2D eigenvalue weighted by Crippen LogP contribution is 2.26. The number of nitrogens with one attached hydrogen (secondary N) is 1. The van der Waals surface area contributed by atoms with Crippen molar-refractivity contribution in [3.63, 3.8) is 0 Å². The minimum atomic E-state index is -1.04. The number of halogens is 2. The van der Waals surface area contributed by atoms with Gasteiger partial charge in [0.05, 0.1) is 23.8 Å². The second-order valence-corrected chi connectivity index (χ2v) is 7.96. The molecule has 2 rings (SSSR count). The molecule has 0 aliphatic heterocycles. The van der Waals surface area contributed by atoms with E-state index >= 15 is 0 Å². The van der Waals surface area contributed by atoms with Crippen LogP contribution in [-0.2, 0) is 22.5 Å². The maximum atomic E-state index is 12.5. The van der Waals surface area contributed by atoms with Crippen molar-refractivity contribution in [3.05, 3.63) is 75.8 Å². The van der Waals surface area contributed by atoms with E-state index in [2.05, 4.69) is 18.5 Å². The van der Waals surface area contributed by atoms with E-state index in [0.717, 1.165) is 11.1 Å². The molecule has 2 aromatic carbocycles. The van der Waals surface area contributed by atoms with Gasteiger partial charge in [-0.25, -0.2) is 4.79 Å². The lowest BCUT2D eigenvalue weighted by molar-refractivity contribution is -0.153. The lowest BCUT2D eigenvalue weighted by atomic mass is 9.99. The van der Waals surface area contributed by atoms with E-state index in [4.69, 9.17) is 32.7 Å². The highest BCUT2D eigenvalue weighted by atomic mass is 35.5. The van der Waals surface area contributed by atoms with Gasteiger partial charge >= 0.3 is 5.97 Å². The van der Waals surface area contributed by atoms with Crippen molar-refractivity contribution >= 4 is 35.1 Å². The summed E-state index contributed by atoms with van der Waals surface area (Å²) < 4.78 is 10.9. The average molecular weight is 482 g/mol. The lowest BCUT2D eigenvalue weighted by Crippen LogP contribution is -2.29. The number of aliphatic carboxylic acids is 1. The fourth-order valence-corrected chi connectivity index (χ4v) is 3.48. The SMILES string of the molecule is C=C.COc1cc(C)c(CNC(=O)c2ccc(Cl)cc2Cl)cc1CC(OC(C)C)C(=O)O. The number of carbonyl (C=O) groups excluding carboxylic acids is 1. The van der Waals surface area contributed by atoms with Crippen LogP contribution in [0.2, 0.25) is 10.0 Å². The Hall–Kier alpha value is -2.54. The molecule has 1 atom stereocenters. The first-order chi connectivity index (χ1) is 15.1. The summed E-state index contributed by atoms with van der Waals surface area (Å²) in [6, 6.07) is 8.32. The van der Waals surface area contributed by atoms with E-state index in [1.807, 2.05) is 19.1 Å². The van der Waals surface area contributed by atoms with Gasteiger partial charge in [-0.15, -0.1) is 13.2 Å². The third kappa shape index (κ3) is 7.86. The monoisotopic (exact) mass is 481 g/mol. The molecule has 0 radical (unpaired) electrons. The molecular weight excluding hydrogens is 453 g/mol. The number of hydrogen-bond acceptors (Lipinski definition) is 4. The molecule has 0 aromatic heterocycles. The fraction of sp³-hybridized carbons (Fsp3) is 0.333. The summed E-state index contributed by atoms with van der Waals surface area (Å²) in [4.78, 5) is 24.1. The molecule has 0 saturated heterocycles. The molecule has 32 heavy (non-hydrogen) atoms. The van der Waals surface area contributed by atoms with Crippen molar-refractivity contribution < 1.29 is 24.2 Å². The Morgan fingerprint density at radius 3 is 2.31 bits per heavy atom. The Morgan fingerprint density at radius 1 is 1.12 bits per heavy atom. The van der Waals surface area contributed by atoms with Crippen LogP contribution in [-0.4, -0.2) is 36.3 Å². The summed E-state index contributed by atoms with van der Waals surface area (Å²) in [5.41, 5.74) is 2.74. The van der Waals surface area contributed by atoms with E-state index < -0.39 is 12.1 Å². The number of carboxylic acid groups (broad SMARTS) is 1. The van der Waals surface area contributed by atoms with Gasteiger partial charge in [-0.1, -0.05) is 23.2 Å². The van der Waals surface area contributed by atoms with Crippen molar-refractivity contribution in [2.24, 2.45) is 0 Å². The summed E-state index contributed by atoms with van der Waals surface area (Å²) in [6.07, 6.45) is -1.09. The number of hydrogen-bond donors (Lipinski definition) is 2. The van der Waals surface area contributed by atoms with Crippen LogP contribution in [0.1, 0.15) is 40.9 Å². The Balaban J connectivity index is 0.00000249. The maximum absolute atomic E-state index is 12.5. The molecule has 2 aromatic rings. The molecule has 0 bridgehead atoms. The Kier molecular flexibility index (Phi) is 11.3. The predicted octanol–water partition coefficient (Wildman–Crippen LogP) is 5.46. The van der Waals surface area contributed by atoms with Gasteiger partial charge in [0.25, 0.3) is 5.91 Å². The van der Waals surface area contributed by atoms with Crippen LogP contribution in [0.25, 0.3) is 0 Å². The fourth-order valence-electron chi connectivity index (χ4n) is 2.98. The van der Waals surface area contributed by atoms with Crippen molar-refractivity contribution in [1.29, 1.82) is 0 Å². The second kappa shape index (κ2) is 13.1. The summed E-state index contributed by atoms with van der Waals surface area (Å²) in [5.74, 6) is -0.805. The zero-order valence-corrected chi connectivity index (χ0v) is 20.2. The van der Waals surface area contributed by atoms with Crippen molar-refractivity contribution in [1.82, 2.24) is 5.32 Å². The molecule has 0 aliphatic rings. The molecule has 0 fully saturated rings. The normalized spacial score (nSPS) is 11.3. The number of aryl methyl sites for hydroxylation is 1. The van der Waals surface area contributed by atoms with E-state index in [1.54, 1.807) is 26.0 Å². The van der Waals surface area contributed by atoms with Gasteiger partial charge in [0.15, 0.2) is 6.10 Å². The van der Waals surface area contributed by atoms with Crippen molar-refractivity contribution in [2.75, 3.05) is 7.11 Å². The van der Waals surface area contributed by atoms with E-state index in [-0.39, 0.29) is 30.0 Å². The van der Waals surface area contributed by atoms with E-state index in [0.29, 0.717) is 21.9 Å². The standard InChI is InChI=1S/C22H25Cl2NO5.C2H4/c1-12(2)30-20(22(27)28)9-14-8-15(13(3)7-19(14)29-4)11-25-21(26)17-6-5-16(23)10-18(17)24;1-2/h5-8,10,12,20H,9,11H2,1-4H3,(H,25,26)(H,27,28);1-2H2. The summed E-state index contributed by atoms with van der Waals surface area (Å²) in [6.45, 7) is 11.7. The Morgan fingerprint density at radius 2 is 1.78 bits per heavy atom. The van der Waals surface area contributed by atoms with Crippen LogP contribution in [0.3, 0.4) is 0 Å². The average Bonchev–Trinajstić information content (AvgIpc) is 2.73. The molecule has 6 nitrogen and oxygen atoms in total. The van der Waals surface area contributed by atoms with E-state index in [9.17, 15) is 14.7 Å². The number of benzene rings is 2. The molecule has 174 valence electrons. The first-order valence-corrected chi connectivity index (χ1v) is 10.7. The zero-order chi connectivity index (χ0) is 24.4. The Bertz CT molecular complexity index is 946. The summed E-state index contributed by atoms with van der Waals surface area (Å²) in [7, 11) is 1.53. The second-order valence-electron chi connectivity index (χ2n) is 7.11. The first kappa shape index (κ1) is 27.5.